The van der Waals surface area contributed by atoms with Gasteiger partial charge in [-0.3, -0.25) is 10.1 Å². The minimum absolute atomic E-state index is 0.0375. The van der Waals surface area contributed by atoms with E-state index in [1.54, 1.807) is 17.0 Å². The maximum atomic E-state index is 11.8. The van der Waals surface area contributed by atoms with Gasteiger partial charge in [-0.15, -0.1) is 0 Å². The van der Waals surface area contributed by atoms with Crippen molar-refractivity contribution in [2.24, 2.45) is 0 Å². The van der Waals surface area contributed by atoms with E-state index in [0.717, 1.165) is 0 Å². The van der Waals surface area contributed by atoms with Crippen LogP contribution in [0.25, 0.3) is 0 Å². The van der Waals surface area contributed by atoms with Crippen molar-refractivity contribution < 1.29 is 19.2 Å². The average molecular weight is 323 g/mol. The maximum Gasteiger partial charge on any atom is 0.410 e. The Balaban J connectivity index is 1.92. The van der Waals surface area contributed by atoms with Crippen molar-refractivity contribution in [3.05, 3.63) is 28.3 Å². The van der Waals surface area contributed by atoms with E-state index in [0.29, 0.717) is 18.8 Å². The Kier molecular flexibility index (Phi) is 4.63. The van der Waals surface area contributed by atoms with Gasteiger partial charge in [0, 0.05) is 24.8 Å². The van der Waals surface area contributed by atoms with Crippen molar-refractivity contribution in [3.8, 4) is 5.75 Å². The van der Waals surface area contributed by atoms with Crippen LogP contribution in [0, 0.1) is 10.1 Å². The highest BCUT2D eigenvalue weighted by atomic mass is 16.6. The highest BCUT2D eigenvalue weighted by Gasteiger charge is 2.33. The standard InChI is InChI=1S/C15H21N3O5/c1-15(2,3)23-14(19)17-8-11(9-17)16-10-5-6-13(22-4)12(7-10)18(20)21/h5-7,11,16H,8-9H2,1-4H3. The fourth-order valence-electron chi connectivity index (χ4n) is 2.20. The van der Waals surface area contributed by atoms with Crippen LogP contribution < -0.4 is 10.1 Å². The third kappa shape index (κ3) is 4.24. The number of amides is 1. The molecule has 0 spiro atoms. The molecule has 1 aliphatic heterocycles. The van der Waals surface area contributed by atoms with E-state index in [1.807, 2.05) is 20.8 Å². The minimum atomic E-state index is -0.522. The van der Waals surface area contributed by atoms with Crippen molar-refractivity contribution in [1.82, 2.24) is 4.90 Å². The number of rotatable bonds is 4. The van der Waals surface area contributed by atoms with E-state index in [-0.39, 0.29) is 23.6 Å². The number of benzene rings is 1. The molecular weight excluding hydrogens is 302 g/mol. The first-order chi connectivity index (χ1) is 10.7. The van der Waals surface area contributed by atoms with Crippen molar-refractivity contribution in [3.63, 3.8) is 0 Å². The normalized spacial score (nSPS) is 14.9. The van der Waals surface area contributed by atoms with Gasteiger partial charge in [-0.2, -0.15) is 0 Å². The molecule has 0 radical (unpaired) electrons. The summed E-state index contributed by atoms with van der Waals surface area (Å²) in [5, 5.41) is 14.2. The van der Waals surface area contributed by atoms with Gasteiger partial charge in [0.2, 0.25) is 0 Å². The monoisotopic (exact) mass is 323 g/mol. The van der Waals surface area contributed by atoms with Crippen LogP contribution in [0.15, 0.2) is 18.2 Å². The number of nitrogens with zero attached hydrogens (tertiary/aromatic N) is 2. The predicted octanol–water partition coefficient (Wildman–Crippen LogP) is 2.63. The van der Waals surface area contributed by atoms with Crippen molar-refractivity contribution in [2.45, 2.75) is 32.4 Å². The summed E-state index contributed by atoms with van der Waals surface area (Å²) in [7, 11) is 1.39. The topological polar surface area (TPSA) is 93.9 Å². The number of anilines is 1. The van der Waals surface area contributed by atoms with Crippen molar-refractivity contribution in [1.29, 1.82) is 0 Å². The summed E-state index contributed by atoms with van der Waals surface area (Å²) in [5.74, 6) is 0.213. The zero-order valence-electron chi connectivity index (χ0n) is 13.7. The van der Waals surface area contributed by atoms with Crippen LogP contribution in [0.4, 0.5) is 16.2 Å². The molecular formula is C15H21N3O5. The molecule has 126 valence electrons. The zero-order chi connectivity index (χ0) is 17.2. The van der Waals surface area contributed by atoms with Gasteiger partial charge in [0.15, 0.2) is 5.75 Å². The molecule has 8 nitrogen and oxygen atoms in total. The molecule has 1 amide bonds. The van der Waals surface area contributed by atoms with E-state index in [9.17, 15) is 14.9 Å². The smallest absolute Gasteiger partial charge is 0.410 e. The van der Waals surface area contributed by atoms with Crippen LogP contribution in [-0.2, 0) is 4.74 Å². The van der Waals surface area contributed by atoms with E-state index in [1.165, 1.54) is 13.2 Å². The van der Waals surface area contributed by atoms with Crippen LogP contribution in [0.3, 0.4) is 0 Å². The lowest BCUT2D eigenvalue weighted by Crippen LogP contribution is -2.57. The second-order valence-corrected chi connectivity index (χ2v) is 6.37. The molecule has 1 N–H and O–H groups in total. The van der Waals surface area contributed by atoms with E-state index in [4.69, 9.17) is 9.47 Å². The SMILES string of the molecule is COc1ccc(NC2CN(C(=O)OC(C)(C)C)C2)cc1[N+](=O)[O-]. The van der Waals surface area contributed by atoms with Crippen LogP contribution >= 0.6 is 0 Å². The lowest BCUT2D eigenvalue weighted by atomic mass is 10.1. The Bertz CT molecular complexity index is 606. The highest BCUT2D eigenvalue weighted by Crippen LogP contribution is 2.30. The van der Waals surface area contributed by atoms with Gasteiger partial charge in [0.1, 0.15) is 5.60 Å². The fourth-order valence-corrected chi connectivity index (χ4v) is 2.20. The number of methoxy groups -OCH3 is 1. The fraction of sp³-hybridized carbons (Fsp3) is 0.533. The molecule has 1 aliphatic rings. The molecule has 1 heterocycles. The molecule has 8 heteroatoms. The molecule has 0 atom stereocenters. The summed E-state index contributed by atoms with van der Waals surface area (Å²) in [6.07, 6.45) is -0.351. The highest BCUT2D eigenvalue weighted by molar-refractivity contribution is 5.70. The number of nitro groups is 1. The second-order valence-electron chi connectivity index (χ2n) is 6.37. The molecule has 1 aromatic carbocycles. The number of hydrogen-bond donors (Lipinski definition) is 1. The van der Waals surface area contributed by atoms with Crippen molar-refractivity contribution in [2.75, 3.05) is 25.5 Å². The predicted molar refractivity (Wildman–Crippen MR) is 84.9 cm³/mol. The van der Waals surface area contributed by atoms with Gasteiger partial charge in [-0.05, 0) is 32.9 Å². The quantitative estimate of drug-likeness (QED) is 0.676. The number of ether oxygens (including phenoxy) is 2. The Morgan fingerprint density at radius 3 is 2.57 bits per heavy atom. The largest absolute Gasteiger partial charge is 0.490 e. The minimum Gasteiger partial charge on any atom is -0.490 e. The Morgan fingerprint density at radius 1 is 1.39 bits per heavy atom. The summed E-state index contributed by atoms with van der Waals surface area (Å²) < 4.78 is 10.2. The Labute approximate surface area is 134 Å². The van der Waals surface area contributed by atoms with Gasteiger partial charge >= 0.3 is 11.8 Å². The summed E-state index contributed by atoms with van der Waals surface area (Å²) in [6.45, 7) is 6.44. The van der Waals surface area contributed by atoms with Crippen molar-refractivity contribution >= 4 is 17.5 Å². The molecule has 1 saturated heterocycles. The summed E-state index contributed by atoms with van der Waals surface area (Å²) in [4.78, 5) is 23.9. The van der Waals surface area contributed by atoms with E-state index >= 15 is 0 Å². The molecule has 0 unspecified atom stereocenters. The number of nitro benzene ring substituents is 1. The van der Waals surface area contributed by atoms with E-state index in [2.05, 4.69) is 5.32 Å². The third-order valence-electron chi connectivity index (χ3n) is 3.28. The van der Waals surface area contributed by atoms with Gasteiger partial charge in [-0.1, -0.05) is 0 Å². The Morgan fingerprint density at radius 2 is 2.04 bits per heavy atom. The molecule has 0 aliphatic carbocycles. The van der Waals surface area contributed by atoms with Gasteiger partial charge in [-0.25, -0.2) is 4.79 Å². The third-order valence-corrected chi connectivity index (χ3v) is 3.28. The first kappa shape index (κ1) is 16.9. The zero-order valence-corrected chi connectivity index (χ0v) is 13.7. The van der Waals surface area contributed by atoms with Gasteiger partial charge in [0.05, 0.1) is 18.1 Å². The molecule has 1 fully saturated rings. The summed E-state index contributed by atoms with van der Waals surface area (Å²) >= 11 is 0. The summed E-state index contributed by atoms with van der Waals surface area (Å²) in [5.41, 5.74) is -0.00111. The molecule has 0 aromatic heterocycles. The first-order valence-electron chi connectivity index (χ1n) is 7.26. The number of carbonyl (C=O) groups excluding carboxylic acids is 1. The molecule has 2 rings (SSSR count). The molecule has 0 bridgehead atoms. The van der Waals surface area contributed by atoms with Crippen LogP contribution in [0.5, 0.6) is 5.75 Å². The lowest BCUT2D eigenvalue weighted by Gasteiger charge is -2.40. The van der Waals surface area contributed by atoms with Gasteiger partial charge in [0.25, 0.3) is 0 Å². The van der Waals surface area contributed by atoms with Gasteiger partial charge < -0.3 is 19.7 Å². The first-order valence-corrected chi connectivity index (χ1v) is 7.26. The van der Waals surface area contributed by atoms with Crippen LogP contribution in [0.2, 0.25) is 0 Å². The number of hydrogen-bond acceptors (Lipinski definition) is 6. The lowest BCUT2D eigenvalue weighted by molar-refractivity contribution is -0.385. The van der Waals surface area contributed by atoms with E-state index < -0.39 is 10.5 Å². The number of likely N-dealkylation sites (tertiary alicyclic amines) is 1. The molecule has 0 saturated carbocycles. The maximum absolute atomic E-state index is 11.8. The molecule has 23 heavy (non-hydrogen) atoms. The second kappa shape index (κ2) is 6.31. The Hall–Kier alpha value is -2.51. The average Bonchev–Trinajstić information content (AvgIpc) is 2.39. The molecule has 1 aromatic rings. The van der Waals surface area contributed by atoms with Crippen LogP contribution in [0.1, 0.15) is 20.8 Å². The van der Waals surface area contributed by atoms with Crippen LogP contribution in [-0.4, -0.2) is 47.8 Å². The number of carbonyl (C=O) groups is 1. The summed E-state index contributed by atoms with van der Waals surface area (Å²) in [6, 6.07) is 4.72. The number of nitrogens with one attached hydrogen (secondary N) is 1.